The summed E-state index contributed by atoms with van der Waals surface area (Å²) in [4.78, 5) is 2.44. The monoisotopic (exact) mass is 718 g/mol. The zero-order valence-electron chi connectivity index (χ0n) is 29.9. The molecule has 2 heterocycles. The van der Waals surface area contributed by atoms with Gasteiger partial charge in [0.1, 0.15) is 0 Å². The number of thiophene rings is 1. The maximum Gasteiger partial charge on any atom is 0.0661 e. The van der Waals surface area contributed by atoms with Gasteiger partial charge >= 0.3 is 0 Å². The molecule has 2 nitrogen and oxygen atoms in total. The second-order valence-electron chi connectivity index (χ2n) is 14.2. The van der Waals surface area contributed by atoms with Crippen LogP contribution in [0.1, 0.15) is 0 Å². The molecule has 0 aliphatic heterocycles. The third-order valence-corrected chi connectivity index (χ3v) is 12.2. The van der Waals surface area contributed by atoms with Crippen molar-refractivity contribution in [1.29, 1.82) is 0 Å². The number of fused-ring (bicyclic) bond motifs is 7. The van der Waals surface area contributed by atoms with Crippen molar-refractivity contribution in [2.24, 2.45) is 0 Å². The van der Waals surface area contributed by atoms with Crippen molar-refractivity contribution >= 4 is 81.1 Å². The molecule has 0 radical (unpaired) electrons. The van der Waals surface area contributed by atoms with Gasteiger partial charge in [0.25, 0.3) is 0 Å². The minimum atomic E-state index is 1.11. The molecule has 0 aliphatic rings. The molecular weight excluding hydrogens is 685 g/mol. The largest absolute Gasteiger partial charge is 0.309 e. The topological polar surface area (TPSA) is 8.17 Å². The maximum absolute atomic E-state index is 2.47. The van der Waals surface area contributed by atoms with E-state index in [-0.39, 0.29) is 0 Å². The Labute approximate surface area is 323 Å². The van der Waals surface area contributed by atoms with Crippen LogP contribution in [0.5, 0.6) is 0 Å². The standard InChI is InChI=1S/C52H34N2S/c1-3-13-35(14-4-1)40-27-30-45-44-19-9-11-21-48(44)54(49(45)32-40)43-33-47-46-20-10-12-22-51(46)55-52(47)50(34-43)53(41-17-5-2-6-18-41)42-28-25-37(26-29-42)39-24-23-36-15-7-8-16-38(36)31-39/h1-34H. The first-order chi connectivity index (χ1) is 27.3. The van der Waals surface area contributed by atoms with E-state index in [0.29, 0.717) is 0 Å². The van der Waals surface area contributed by atoms with Crippen LogP contribution in [0, 0.1) is 0 Å². The first-order valence-electron chi connectivity index (χ1n) is 18.8. The summed E-state index contributed by atoms with van der Waals surface area (Å²) in [5, 5.41) is 7.53. The second-order valence-corrected chi connectivity index (χ2v) is 15.2. The molecule has 11 rings (SSSR count). The Kier molecular flexibility index (Phi) is 7.39. The van der Waals surface area contributed by atoms with Crippen LogP contribution in [-0.4, -0.2) is 4.57 Å². The maximum atomic E-state index is 2.47. The number of hydrogen-bond donors (Lipinski definition) is 0. The Hall–Kier alpha value is -6.94. The van der Waals surface area contributed by atoms with Crippen LogP contribution in [0.15, 0.2) is 206 Å². The highest BCUT2D eigenvalue weighted by atomic mass is 32.1. The van der Waals surface area contributed by atoms with Crippen LogP contribution < -0.4 is 4.90 Å². The highest BCUT2D eigenvalue weighted by Crippen LogP contribution is 2.47. The average Bonchev–Trinajstić information content (AvgIpc) is 3.80. The van der Waals surface area contributed by atoms with Crippen molar-refractivity contribution in [3.05, 3.63) is 206 Å². The van der Waals surface area contributed by atoms with E-state index in [4.69, 9.17) is 0 Å². The number of nitrogens with zero attached hydrogens (tertiary/aromatic N) is 2. The zero-order valence-corrected chi connectivity index (χ0v) is 30.7. The molecule has 0 saturated carbocycles. The van der Waals surface area contributed by atoms with Crippen LogP contribution in [0.3, 0.4) is 0 Å². The molecule has 0 saturated heterocycles. The fraction of sp³-hybridized carbons (Fsp3) is 0. The fourth-order valence-corrected chi connectivity index (χ4v) is 9.51. The summed E-state index contributed by atoms with van der Waals surface area (Å²) in [7, 11) is 0. The van der Waals surface area contributed by atoms with Gasteiger partial charge < -0.3 is 9.47 Å². The molecule has 0 spiro atoms. The zero-order chi connectivity index (χ0) is 36.3. The van der Waals surface area contributed by atoms with Gasteiger partial charge in [-0.15, -0.1) is 11.3 Å². The number of hydrogen-bond acceptors (Lipinski definition) is 2. The quantitative estimate of drug-likeness (QED) is 0.166. The van der Waals surface area contributed by atoms with Crippen molar-refractivity contribution in [2.75, 3.05) is 4.90 Å². The first-order valence-corrected chi connectivity index (χ1v) is 19.6. The summed E-state index contributed by atoms with van der Waals surface area (Å²) in [6.07, 6.45) is 0. The van der Waals surface area contributed by atoms with Crippen LogP contribution in [0.2, 0.25) is 0 Å². The van der Waals surface area contributed by atoms with Gasteiger partial charge in [-0.25, -0.2) is 0 Å². The molecular formula is C52H34N2S. The van der Waals surface area contributed by atoms with E-state index in [9.17, 15) is 0 Å². The molecule has 0 aliphatic carbocycles. The summed E-state index contributed by atoms with van der Waals surface area (Å²) in [6.45, 7) is 0. The number of benzene rings is 9. The van der Waals surface area contributed by atoms with Crippen molar-refractivity contribution < 1.29 is 0 Å². The predicted octanol–water partition coefficient (Wildman–Crippen LogP) is 15.1. The smallest absolute Gasteiger partial charge is 0.0661 e. The second kappa shape index (κ2) is 12.9. The van der Waals surface area contributed by atoms with Crippen molar-refractivity contribution in [2.45, 2.75) is 0 Å². The Morgan fingerprint density at radius 1 is 0.364 bits per heavy atom. The number of rotatable bonds is 6. The third kappa shape index (κ3) is 5.32. The fourth-order valence-electron chi connectivity index (χ4n) is 8.32. The minimum Gasteiger partial charge on any atom is -0.309 e. The molecule has 2 aromatic heterocycles. The minimum absolute atomic E-state index is 1.11. The van der Waals surface area contributed by atoms with E-state index >= 15 is 0 Å². The lowest BCUT2D eigenvalue weighted by Crippen LogP contribution is -2.10. The Morgan fingerprint density at radius 2 is 0.964 bits per heavy atom. The highest BCUT2D eigenvalue weighted by molar-refractivity contribution is 7.26. The summed E-state index contributed by atoms with van der Waals surface area (Å²) in [6, 6.07) is 75.2. The average molecular weight is 719 g/mol. The molecule has 3 heteroatoms. The molecule has 258 valence electrons. The molecule has 0 bridgehead atoms. The lowest BCUT2D eigenvalue weighted by Gasteiger charge is -2.27. The van der Waals surface area contributed by atoms with Gasteiger partial charge in [-0.05, 0) is 93.7 Å². The van der Waals surface area contributed by atoms with Gasteiger partial charge in [0.05, 0.1) is 21.4 Å². The molecule has 0 atom stereocenters. The summed E-state index contributed by atoms with van der Waals surface area (Å²) < 4.78 is 5.01. The molecule has 55 heavy (non-hydrogen) atoms. The van der Waals surface area contributed by atoms with E-state index in [1.807, 2.05) is 11.3 Å². The van der Waals surface area contributed by atoms with E-state index < -0.39 is 0 Å². The molecule has 0 fully saturated rings. The van der Waals surface area contributed by atoms with E-state index in [1.54, 1.807) is 0 Å². The molecule has 0 amide bonds. The number of para-hydroxylation sites is 2. The molecule has 0 unspecified atom stereocenters. The lowest BCUT2D eigenvalue weighted by molar-refractivity contribution is 1.18. The summed E-state index contributed by atoms with van der Waals surface area (Å²) in [5.74, 6) is 0. The predicted molar refractivity (Wildman–Crippen MR) is 237 cm³/mol. The Morgan fingerprint density at radius 3 is 1.80 bits per heavy atom. The van der Waals surface area contributed by atoms with Crippen LogP contribution in [-0.2, 0) is 0 Å². The van der Waals surface area contributed by atoms with Crippen molar-refractivity contribution in [1.82, 2.24) is 4.57 Å². The van der Waals surface area contributed by atoms with E-state index in [0.717, 1.165) is 22.7 Å². The SMILES string of the molecule is c1ccc(-c2ccc3c4ccccc4n(-c4cc(N(c5ccccc5)c5ccc(-c6ccc7ccccc7c6)cc5)c5sc6ccccc6c5c4)c3c2)cc1. The van der Waals surface area contributed by atoms with E-state index in [2.05, 4.69) is 216 Å². The van der Waals surface area contributed by atoms with Crippen LogP contribution >= 0.6 is 11.3 Å². The van der Waals surface area contributed by atoms with Gasteiger partial charge in [-0.1, -0.05) is 146 Å². The highest BCUT2D eigenvalue weighted by Gasteiger charge is 2.22. The van der Waals surface area contributed by atoms with Crippen molar-refractivity contribution in [3.63, 3.8) is 0 Å². The Balaban J connectivity index is 1.16. The normalized spacial score (nSPS) is 11.6. The number of aromatic nitrogens is 1. The van der Waals surface area contributed by atoms with Gasteiger partial charge in [-0.3, -0.25) is 0 Å². The number of anilines is 3. The van der Waals surface area contributed by atoms with Gasteiger partial charge in [-0.2, -0.15) is 0 Å². The van der Waals surface area contributed by atoms with Crippen LogP contribution in [0.4, 0.5) is 17.1 Å². The lowest BCUT2D eigenvalue weighted by atomic mass is 10.0. The summed E-state index contributed by atoms with van der Waals surface area (Å²) >= 11 is 1.87. The molecule has 0 N–H and O–H groups in total. The Bertz CT molecular complexity index is 3190. The van der Waals surface area contributed by atoms with Gasteiger partial charge in [0.2, 0.25) is 0 Å². The molecule has 9 aromatic carbocycles. The van der Waals surface area contributed by atoms with Crippen LogP contribution in [0.25, 0.3) is 80.7 Å². The van der Waals surface area contributed by atoms with Crippen molar-refractivity contribution in [3.8, 4) is 27.9 Å². The van der Waals surface area contributed by atoms with Gasteiger partial charge in [0.15, 0.2) is 0 Å². The first kappa shape index (κ1) is 31.6. The summed E-state index contributed by atoms with van der Waals surface area (Å²) in [5.41, 5.74) is 11.7. The molecule has 11 aromatic rings. The third-order valence-electron chi connectivity index (χ3n) is 10.9. The van der Waals surface area contributed by atoms with Gasteiger partial charge in [0, 0.05) is 43.3 Å². The van der Waals surface area contributed by atoms with E-state index in [1.165, 1.54) is 75.0 Å².